The van der Waals surface area contributed by atoms with Crippen LogP contribution in [0, 0.1) is 0 Å². The number of hydrogen-bond donors (Lipinski definition) is 0. The summed E-state index contributed by atoms with van der Waals surface area (Å²) in [6.45, 7) is 21.8. The van der Waals surface area contributed by atoms with Gasteiger partial charge in [0.2, 0.25) is 11.0 Å². The molecule has 342 valence electrons. The normalized spacial score (nSPS) is 10.9. The van der Waals surface area contributed by atoms with Gasteiger partial charge in [0.05, 0.1) is 11.4 Å². The second kappa shape index (κ2) is 30.2. The SMILES string of the molecule is C=CCCCCN(CCCCC=C)c1cc[n+](Cc2ccc(SCCSc3ccc(C[n+]4ccc(N(CCCCC=C)CCCCC=C)c5sccc54)cc3)cc2)c2ccsc12.[Br-].[Br-]. The highest BCUT2D eigenvalue weighted by molar-refractivity contribution is 8.03. The Labute approximate surface area is 422 Å². The Balaban J connectivity index is 0.00000449. The van der Waals surface area contributed by atoms with Crippen molar-refractivity contribution in [1.29, 1.82) is 0 Å². The summed E-state index contributed by atoms with van der Waals surface area (Å²) in [6.07, 6.45) is 26.6. The number of fused-ring (bicyclic) bond motifs is 2. The maximum absolute atomic E-state index is 3.92. The van der Waals surface area contributed by atoms with Crippen molar-refractivity contribution in [2.45, 2.75) is 99.9 Å². The van der Waals surface area contributed by atoms with E-state index in [0.717, 1.165) is 76.5 Å². The smallest absolute Gasteiger partial charge is 0.225 e. The Hall–Kier alpha value is -3.12. The van der Waals surface area contributed by atoms with Gasteiger partial charge < -0.3 is 43.8 Å². The number of nitrogens with zero attached hydrogens (tertiary/aromatic N) is 4. The molecule has 0 fully saturated rings. The largest absolute Gasteiger partial charge is 1.00 e. The van der Waals surface area contributed by atoms with Crippen LogP contribution in [0.5, 0.6) is 0 Å². The van der Waals surface area contributed by atoms with Gasteiger partial charge in [0, 0.05) is 82.9 Å². The zero-order valence-electron chi connectivity index (χ0n) is 37.7. The summed E-state index contributed by atoms with van der Waals surface area (Å²) in [5.74, 6) is 2.15. The molecule has 0 aliphatic rings. The number of unbranched alkanes of at least 4 members (excludes halogenated alkanes) is 8. The second-order valence-electron chi connectivity index (χ2n) is 16.0. The summed E-state index contributed by atoms with van der Waals surface area (Å²) in [6, 6.07) is 27.7. The van der Waals surface area contributed by atoms with Gasteiger partial charge in [-0.3, -0.25) is 0 Å². The van der Waals surface area contributed by atoms with Gasteiger partial charge in [0.25, 0.3) is 0 Å². The third-order valence-electron chi connectivity index (χ3n) is 11.4. The van der Waals surface area contributed by atoms with E-state index in [1.807, 2.05) is 70.5 Å². The highest BCUT2D eigenvalue weighted by Crippen LogP contribution is 2.32. The molecule has 2 aromatic carbocycles. The number of hydrogen-bond acceptors (Lipinski definition) is 6. The fourth-order valence-electron chi connectivity index (χ4n) is 8.01. The van der Waals surface area contributed by atoms with Crippen LogP contribution in [0.15, 0.2) is 156 Å². The molecule has 0 amide bonds. The first-order chi connectivity index (χ1) is 30.6. The summed E-state index contributed by atoms with van der Waals surface area (Å²) in [5.41, 5.74) is 8.07. The average molecular weight is 1060 g/mol. The number of pyridine rings is 2. The summed E-state index contributed by atoms with van der Waals surface area (Å²) in [4.78, 5) is 7.90. The maximum atomic E-state index is 3.92. The molecule has 4 heterocycles. The van der Waals surface area contributed by atoms with Gasteiger partial charge in [-0.1, -0.05) is 48.6 Å². The first-order valence-electron chi connectivity index (χ1n) is 22.8. The van der Waals surface area contributed by atoms with E-state index in [1.54, 1.807) is 0 Å². The van der Waals surface area contributed by atoms with E-state index in [1.165, 1.54) is 104 Å². The Morgan fingerprint density at radius 2 is 0.797 bits per heavy atom. The van der Waals surface area contributed by atoms with E-state index in [9.17, 15) is 0 Å². The predicted octanol–water partition coefficient (Wildman–Crippen LogP) is 8.72. The topological polar surface area (TPSA) is 14.2 Å². The predicted molar refractivity (Wildman–Crippen MR) is 277 cm³/mol. The van der Waals surface area contributed by atoms with E-state index >= 15 is 0 Å². The number of aromatic nitrogens is 2. The van der Waals surface area contributed by atoms with Crippen LogP contribution in [0.2, 0.25) is 0 Å². The maximum Gasteiger partial charge on any atom is 0.225 e. The van der Waals surface area contributed by atoms with Crippen LogP contribution >= 0.6 is 46.2 Å². The minimum absolute atomic E-state index is 0. The molecule has 0 spiro atoms. The molecule has 0 bridgehead atoms. The van der Waals surface area contributed by atoms with Crippen molar-refractivity contribution in [3.8, 4) is 0 Å². The van der Waals surface area contributed by atoms with Gasteiger partial charge in [-0.2, -0.15) is 9.13 Å². The summed E-state index contributed by atoms with van der Waals surface area (Å²) >= 11 is 7.63. The van der Waals surface area contributed by atoms with Gasteiger partial charge in [-0.15, -0.1) is 72.5 Å². The van der Waals surface area contributed by atoms with Crippen LogP contribution in [-0.2, 0) is 13.1 Å². The van der Waals surface area contributed by atoms with Crippen LogP contribution in [-0.4, -0.2) is 37.7 Å². The standard InChI is InChI=1S/C54H68N4S4.2BrH/c1-5-9-13-17-33-55(34-18-14-10-6-2)49-29-37-57(51-31-39-61-53(49)51)43-45-21-25-47(26-22-45)59-41-42-60-48-27-23-46(24-28-48)44-58-38-30-50(54-52(58)32-40-62-54)56(35-19-15-11-7-3)36-20-16-12-8-4;;/h5-8,21-32,37-40H,1-4,9-20,33-36,41-44H2;2*1H/q+2;;/p-2. The number of benzene rings is 2. The quantitative estimate of drug-likeness (QED) is 0.0187. The Morgan fingerprint density at radius 3 is 1.12 bits per heavy atom. The van der Waals surface area contributed by atoms with Crippen molar-refractivity contribution in [2.75, 3.05) is 47.5 Å². The van der Waals surface area contributed by atoms with Gasteiger partial charge in [0.1, 0.15) is 9.40 Å². The molecular formula is C54H68Br2N4S4. The van der Waals surface area contributed by atoms with E-state index < -0.39 is 0 Å². The molecule has 4 nitrogen and oxygen atoms in total. The van der Waals surface area contributed by atoms with Crippen LogP contribution in [0.4, 0.5) is 11.4 Å². The zero-order chi connectivity index (χ0) is 43.2. The molecule has 64 heavy (non-hydrogen) atoms. The lowest BCUT2D eigenvalue weighted by molar-refractivity contribution is -0.662. The van der Waals surface area contributed by atoms with Crippen LogP contribution in [0.25, 0.3) is 20.4 Å². The minimum Gasteiger partial charge on any atom is -1.00 e. The molecule has 0 aliphatic heterocycles. The first-order valence-corrected chi connectivity index (χ1v) is 26.5. The van der Waals surface area contributed by atoms with E-state index in [0.29, 0.717) is 0 Å². The van der Waals surface area contributed by atoms with Crippen molar-refractivity contribution in [3.63, 3.8) is 0 Å². The fraction of sp³-hybridized carbons (Fsp3) is 0.370. The first kappa shape index (κ1) is 53.5. The third kappa shape index (κ3) is 16.3. The number of thiophene rings is 2. The van der Waals surface area contributed by atoms with Gasteiger partial charge >= 0.3 is 0 Å². The Morgan fingerprint density at radius 1 is 0.453 bits per heavy atom. The molecule has 0 unspecified atom stereocenters. The number of rotatable bonds is 31. The number of allylic oxidation sites excluding steroid dienone is 4. The summed E-state index contributed by atoms with van der Waals surface area (Å²) in [5, 5.41) is 4.50. The van der Waals surface area contributed by atoms with Gasteiger partial charge in [-0.05, 0) is 112 Å². The molecular weight excluding hydrogens is 993 g/mol. The molecule has 0 atom stereocenters. The lowest BCUT2D eigenvalue weighted by Crippen LogP contribution is -3.00. The fourth-order valence-corrected chi connectivity index (χ4v) is 11.7. The minimum atomic E-state index is 0. The van der Waals surface area contributed by atoms with Crippen molar-refractivity contribution < 1.29 is 43.1 Å². The molecule has 10 heteroatoms. The number of anilines is 2. The zero-order valence-corrected chi connectivity index (χ0v) is 44.1. The van der Waals surface area contributed by atoms with Crippen LogP contribution < -0.4 is 52.9 Å². The molecule has 0 saturated heterocycles. The number of halogens is 2. The van der Waals surface area contributed by atoms with Crippen LogP contribution in [0.3, 0.4) is 0 Å². The molecule has 4 aromatic heterocycles. The highest BCUT2D eigenvalue weighted by atomic mass is 79.9. The average Bonchev–Trinajstić information content (AvgIpc) is 4.01. The van der Waals surface area contributed by atoms with Gasteiger partial charge in [-0.25, -0.2) is 0 Å². The number of thioether (sulfide) groups is 2. The summed E-state index contributed by atoms with van der Waals surface area (Å²) in [7, 11) is 0. The van der Waals surface area contributed by atoms with E-state index in [-0.39, 0.29) is 34.0 Å². The van der Waals surface area contributed by atoms with Gasteiger partial charge in [0.15, 0.2) is 25.5 Å². The molecule has 0 saturated carbocycles. The van der Waals surface area contributed by atoms with Crippen molar-refractivity contribution in [1.82, 2.24) is 0 Å². The highest BCUT2D eigenvalue weighted by Gasteiger charge is 2.20. The molecule has 6 rings (SSSR count). The summed E-state index contributed by atoms with van der Waals surface area (Å²) < 4.78 is 7.62. The van der Waals surface area contributed by atoms with Crippen molar-refractivity contribution >= 4 is 78.0 Å². The Bertz CT molecular complexity index is 2090. The molecule has 0 N–H and O–H groups in total. The van der Waals surface area contributed by atoms with Crippen molar-refractivity contribution in [3.05, 3.63) is 158 Å². The lowest BCUT2D eigenvalue weighted by atomic mass is 10.1. The van der Waals surface area contributed by atoms with E-state index in [2.05, 4.69) is 141 Å². The monoisotopic (exact) mass is 1060 g/mol. The van der Waals surface area contributed by atoms with Crippen LogP contribution in [0.1, 0.15) is 88.2 Å². The van der Waals surface area contributed by atoms with Crippen molar-refractivity contribution in [2.24, 2.45) is 0 Å². The Kier molecular flexibility index (Phi) is 25.3. The second-order valence-corrected chi connectivity index (χ2v) is 20.2. The lowest BCUT2D eigenvalue weighted by Gasteiger charge is -2.25. The molecule has 6 aromatic rings. The third-order valence-corrected chi connectivity index (χ3v) is 15.5. The van der Waals surface area contributed by atoms with E-state index in [4.69, 9.17) is 0 Å². The molecule has 0 aliphatic carbocycles. The molecule has 0 radical (unpaired) electrons.